The Bertz CT molecular complexity index is 478. The third-order valence-corrected chi connectivity index (χ3v) is 3.82. The van der Waals surface area contributed by atoms with E-state index in [1.54, 1.807) is 4.90 Å². The molecule has 0 aromatic heterocycles. The first-order valence-electron chi connectivity index (χ1n) is 7.10. The van der Waals surface area contributed by atoms with Crippen molar-refractivity contribution >= 4 is 23.2 Å². The highest BCUT2D eigenvalue weighted by Crippen LogP contribution is 2.26. The van der Waals surface area contributed by atoms with Crippen molar-refractivity contribution < 1.29 is 4.79 Å². The van der Waals surface area contributed by atoms with Gasteiger partial charge >= 0.3 is 0 Å². The number of amides is 1. The number of likely N-dealkylation sites (N-methyl/N-ethyl adjacent to an activating group) is 1. The summed E-state index contributed by atoms with van der Waals surface area (Å²) in [4.78, 5) is 15.8. The zero-order chi connectivity index (χ0) is 14.5. The minimum atomic E-state index is 0.156. The largest absolute Gasteiger partial charge is 0.360 e. The number of nitrogens with zero attached hydrogens (tertiary/aromatic N) is 2. The number of nitrogens with one attached hydrogen (secondary N) is 1. The Morgan fingerprint density at radius 1 is 1.35 bits per heavy atom. The van der Waals surface area contributed by atoms with Gasteiger partial charge in [-0.05, 0) is 30.7 Å². The number of carbonyl (C=O) groups excluding carboxylic acids is 1. The third-order valence-electron chi connectivity index (χ3n) is 3.59. The lowest BCUT2D eigenvalue weighted by Crippen LogP contribution is -2.48. The SMILES string of the molecule is CCCNCc1ccc(Cl)cc1N1CCN(C)C(=O)C1. The van der Waals surface area contributed by atoms with Crippen LogP contribution in [0.4, 0.5) is 5.69 Å². The molecule has 0 spiro atoms. The van der Waals surface area contributed by atoms with Crippen molar-refractivity contribution in [2.75, 3.05) is 38.1 Å². The van der Waals surface area contributed by atoms with Gasteiger partial charge in [-0.15, -0.1) is 0 Å². The number of hydrogen-bond acceptors (Lipinski definition) is 3. The third kappa shape index (κ3) is 3.64. The Morgan fingerprint density at radius 2 is 2.15 bits per heavy atom. The van der Waals surface area contributed by atoms with Crippen LogP contribution in [0, 0.1) is 0 Å². The number of piperazine rings is 1. The number of rotatable bonds is 5. The lowest BCUT2D eigenvalue weighted by molar-refractivity contribution is -0.129. The van der Waals surface area contributed by atoms with Crippen LogP contribution in [0.25, 0.3) is 0 Å². The zero-order valence-electron chi connectivity index (χ0n) is 12.2. The Hall–Kier alpha value is -1.26. The Labute approximate surface area is 125 Å². The summed E-state index contributed by atoms with van der Waals surface area (Å²) in [6.07, 6.45) is 1.11. The Balaban J connectivity index is 2.16. The molecule has 5 heteroatoms. The summed E-state index contributed by atoms with van der Waals surface area (Å²) >= 11 is 6.12. The molecule has 110 valence electrons. The van der Waals surface area contributed by atoms with E-state index in [-0.39, 0.29) is 5.91 Å². The summed E-state index contributed by atoms with van der Waals surface area (Å²) < 4.78 is 0. The lowest BCUT2D eigenvalue weighted by Gasteiger charge is -2.34. The van der Waals surface area contributed by atoms with Gasteiger partial charge in [0.05, 0.1) is 6.54 Å². The van der Waals surface area contributed by atoms with Gasteiger partial charge in [-0.3, -0.25) is 4.79 Å². The van der Waals surface area contributed by atoms with E-state index >= 15 is 0 Å². The molecule has 20 heavy (non-hydrogen) atoms. The van der Waals surface area contributed by atoms with Crippen LogP contribution in [-0.4, -0.2) is 44.0 Å². The average molecular weight is 296 g/mol. The fourth-order valence-corrected chi connectivity index (χ4v) is 2.51. The Kier molecular flexibility index (Phi) is 5.26. The van der Waals surface area contributed by atoms with Gasteiger partial charge in [0.15, 0.2) is 0 Å². The Morgan fingerprint density at radius 3 is 2.85 bits per heavy atom. The molecule has 1 aromatic rings. The monoisotopic (exact) mass is 295 g/mol. The minimum Gasteiger partial charge on any atom is -0.360 e. The van der Waals surface area contributed by atoms with E-state index in [9.17, 15) is 4.79 Å². The first kappa shape index (κ1) is 15.1. The van der Waals surface area contributed by atoms with Crippen molar-refractivity contribution in [1.29, 1.82) is 0 Å². The molecule has 2 rings (SSSR count). The predicted molar refractivity (Wildman–Crippen MR) is 83.3 cm³/mol. The lowest BCUT2D eigenvalue weighted by atomic mass is 10.1. The van der Waals surface area contributed by atoms with E-state index in [2.05, 4.69) is 17.1 Å². The van der Waals surface area contributed by atoms with E-state index in [0.717, 1.165) is 38.3 Å². The van der Waals surface area contributed by atoms with Gasteiger partial charge in [0.2, 0.25) is 5.91 Å². The van der Waals surface area contributed by atoms with Gasteiger partial charge in [-0.25, -0.2) is 0 Å². The number of benzene rings is 1. The molecule has 1 fully saturated rings. The van der Waals surface area contributed by atoms with Crippen LogP contribution in [0.15, 0.2) is 18.2 Å². The maximum Gasteiger partial charge on any atom is 0.241 e. The maximum atomic E-state index is 11.9. The second-order valence-electron chi connectivity index (χ2n) is 5.19. The molecule has 0 atom stereocenters. The van der Waals surface area contributed by atoms with Crippen molar-refractivity contribution in [3.8, 4) is 0 Å². The van der Waals surface area contributed by atoms with Crippen molar-refractivity contribution in [2.45, 2.75) is 19.9 Å². The summed E-state index contributed by atoms with van der Waals surface area (Å²) in [7, 11) is 1.85. The van der Waals surface area contributed by atoms with E-state index < -0.39 is 0 Å². The fourth-order valence-electron chi connectivity index (χ4n) is 2.34. The van der Waals surface area contributed by atoms with E-state index in [4.69, 9.17) is 11.6 Å². The molecule has 1 N–H and O–H groups in total. The van der Waals surface area contributed by atoms with Crippen LogP contribution < -0.4 is 10.2 Å². The molecule has 0 aliphatic carbocycles. The molecule has 1 aliphatic heterocycles. The van der Waals surface area contributed by atoms with Crippen LogP contribution >= 0.6 is 11.6 Å². The first-order chi connectivity index (χ1) is 9.61. The summed E-state index contributed by atoms with van der Waals surface area (Å²) in [6.45, 7) is 5.98. The van der Waals surface area contributed by atoms with Crippen LogP contribution in [0.5, 0.6) is 0 Å². The molecular weight excluding hydrogens is 274 g/mol. The molecule has 1 heterocycles. The molecule has 1 amide bonds. The first-order valence-corrected chi connectivity index (χ1v) is 7.47. The molecule has 0 saturated carbocycles. The molecule has 0 unspecified atom stereocenters. The second kappa shape index (κ2) is 6.95. The topological polar surface area (TPSA) is 35.6 Å². The van der Waals surface area contributed by atoms with Gasteiger partial charge in [0, 0.05) is 37.4 Å². The highest BCUT2D eigenvalue weighted by Gasteiger charge is 2.22. The molecular formula is C15H22ClN3O. The standard InChI is InChI=1S/C15H22ClN3O/c1-3-6-17-10-12-4-5-13(16)9-14(12)19-8-7-18(2)15(20)11-19/h4-5,9,17H,3,6-8,10-11H2,1-2H3. The van der Waals surface area contributed by atoms with Crippen molar-refractivity contribution in [3.05, 3.63) is 28.8 Å². The van der Waals surface area contributed by atoms with Gasteiger partial charge in [-0.2, -0.15) is 0 Å². The maximum absolute atomic E-state index is 11.9. The normalized spacial score (nSPS) is 15.8. The van der Waals surface area contributed by atoms with Crippen molar-refractivity contribution in [3.63, 3.8) is 0 Å². The predicted octanol–water partition coefficient (Wildman–Crippen LogP) is 2.12. The number of carbonyl (C=O) groups is 1. The highest BCUT2D eigenvalue weighted by molar-refractivity contribution is 6.30. The fraction of sp³-hybridized carbons (Fsp3) is 0.533. The molecule has 1 saturated heterocycles. The minimum absolute atomic E-state index is 0.156. The molecule has 0 bridgehead atoms. The van der Waals surface area contributed by atoms with Crippen LogP contribution in [-0.2, 0) is 11.3 Å². The van der Waals surface area contributed by atoms with Crippen LogP contribution in [0.2, 0.25) is 5.02 Å². The van der Waals surface area contributed by atoms with Gasteiger partial charge in [0.1, 0.15) is 0 Å². The van der Waals surface area contributed by atoms with E-state index in [0.29, 0.717) is 11.6 Å². The van der Waals surface area contributed by atoms with Gasteiger partial charge in [0.25, 0.3) is 0 Å². The van der Waals surface area contributed by atoms with Gasteiger partial charge < -0.3 is 15.1 Å². The molecule has 0 radical (unpaired) electrons. The summed E-state index contributed by atoms with van der Waals surface area (Å²) in [5.74, 6) is 0.156. The summed E-state index contributed by atoms with van der Waals surface area (Å²) in [5.41, 5.74) is 2.27. The van der Waals surface area contributed by atoms with Gasteiger partial charge in [-0.1, -0.05) is 24.6 Å². The summed E-state index contributed by atoms with van der Waals surface area (Å²) in [5, 5.41) is 4.12. The van der Waals surface area contributed by atoms with E-state index in [1.807, 2.05) is 25.2 Å². The highest BCUT2D eigenvalue weighted by atomic mass is 35.5. The summed E-state index contributed by atoms with van der Waals surface area (Å²) in [6, 6.07) is 5.91. The van der Waals surface area contributed by atoms with E-state index in [1.165, 1.54) is 5.56 Å². The molecule has 1 aliphatic rings. The van der Waals surface area contributed by atoms with Crippen molar-refractivity contribution in [1.82, 2.24) is 10.2 Å². The molecule has 1 aromatic carbocycles. The van der Waals surface area contributed by atoms with Crippen molar-refractivity contribution in [2.24, 2.45) is 0 Å². The number of anilines is 1. The quantitative estimate of drug-likeness (QED) is 0.845. The zero-order valence-corrected chi connectivity index (χ0v) is 12.9. The molecule has 4 nitrogen and oxygen atoms in total. The van der Waals surface area contributed by atoms with Crippen LogP contribution in [0.3, 0.4) is 0 Å². The second-order valence-corrected chi connectivity index (χ2v) is 5.62. The number of hydrogen-bond donors (Lipinski definition) is 1. The average Bonchev–Trinajstić information content (AvgIpc) is 2.44. The van der Waals surface area contributed by atoms with Crippen LogP contribution in [0.1, 0.15) is 18.9 Å². The number of halogens is 1. The smallest absolute Gasteiger partial charge is 0.241 e.